The van der Waals surface area contributed by atoms with E-state index in [2.05, 4.69) is 5.43 Å². The lowest BCUT2D eigenvalue weighted by atomic mass is 10.1. The lowest BCUT2D eigenvalue weighted by Crippen LogP contribution is -2.25. The van der Waals surface area contributed by atoms with E-state index in [9.17, 15) is 9.90 Å². The number of rotatable bonds is 2. The van der Waals surface area contributed by atoms with Gasteiger partial charge in [-0.05, 0) is 49.2 Å². The van der Waals surface area contributed by atoms with Gasteiger partial charge in [-0.3, -0.25) is 10.2 Å². The Morgan fingerprint density at radius 1 is 1.09 bits per heavy atom. The number of phenolic OH excluding ortho intramolecular Hbond substituents is 1. The highest BCUT2D eigenvalue weighted by Crippen LogP contribution is 2.23. The van der Waals surface area contributed by atoms with Gasteiger partial charge in [0.15, 0.2) is 0 Å². The standard InChI is InChI=1S/C18H16N2O2S/c1-11-5-3-4-6-15(11)18(22)19-20-16-10-13(21)7-8-14(16)12(2)9-17(20)23/h3-10,21H,1-2H3,(H,19,22). The summed E-state index contributed by atoms with van der Waals surface area (Å²) in [6.07, 6.45) is 0. The number of carbonyl (C=O) groups excluding carboxylic acids is 1. The summed E-state index contributed by atoms with van der Waals surface area (Å²) in [6.45, 7) is 3.83. The van der Waals surface area contributed by atoms with Crippen LogP contribution in [0.2, 0.25) is 0 Å². The number of carbonyl (C=O) groups is 1. The summed E-state index contributed by atoms with van der Waals surface area (Å²) >= 11 is 5.38. The van der Waals surface area contributed by atoms with Crippen molar-refractivity contribution in [3.63, 3.8) is 0 Å². The van der Waals surface area contributed by atoms with Gasteiger partial charge in [-0.25, -0.2) is 4.68 Å². The summed E-state index contributed by atoms with van der Waals surface area (Å²) in [5.41, 5.74) is 5.95. The van der Waals surface area contributed by atoms with Crippen molar-refractivity contribution >= 4 is 29.0 Å². The van der Waals surface area contributed by atoms with Crippen molar-refractivity contribution in [3.05, 3.63) is 69.9 Å². The van der Waals surface area contributed by atoms with Crippen LogP contribution in [0, 0.1) is 18.5 Å². The highest BCUT2D eigenvalue weighted by atomic mass is 32.1. The highest BCUT2D eigenvalue weighted by Gasteiger charge is 2.11. The maximum Gasteiger partial charge on any atom is 0.270 e. The van der Waals surface area contributed by atoms with Gasteiger partial charge in [-0.2, -0.15) is 0 Å². The van der Waals surface area contributed by atoms with Gasteiger partial charge >= 0.3 is 0 Å². The number of aromatic hydroxyl groups is 1. The maximum absolute atomic E-state index is 12.6. The van der Waals surface area contributed by atoms with Crippen LogP contribution in [0.1, 0.15) is 21.5 Å². The molecule has 0 aliphatic rings. The average molecular weight is 324 g/mol. The average Bonchev–Trinajstić information content (AvgIpc) is 2.51. The van der Waals surface area contributed by atoms with E-state index in [0.717, 1.165) is 16.5 Å². The van der Waals surface area contributed by atoms with E-state index in [4.69, 9.17) is 12.2 Å². The van der Waals surface area contributed by atoms with Crippen molar-refractivity contribution in [2.75, 3.05) is 5.43 Å². The van der Waals surface area contributed by atoms with Crippen molar-refractivity contribution < 1.29 is 9.90 Å². The summed E-state index contributed by atoms with van der Waals surface area (Å²) in [7, 11) is 0. The first-order valence-corrected chi connectivity index (χ1v) is 7.60. The van der Waals surface area contributed by atoms with E-state index in [1.54, 1.807) is 18.2 Å². The van der Waals surface area contributed by atoms with Crippen LogP contribution in [-0.4, -0.2) is 15.7 Å². The predicted octanol–water partition coefficient (Wildman–Crippen LogP) is 4.08. The fraction of sp³-hybridized carbons (Fsp3) is 0.111. The van der Waals surface area contributed by atoms with Crippen molar-refractivity contribution in [2.45, 2.75) is 13.8 Å². The molecule has 1 amide bonds. The monoisotopic (exact) mass is 324 g/mol. The molecule has 0 bridgehead atoms. The van der Waals surface area contributed by atoms with Gasteiger partial charge in [0.25, 0.3) is 5.91 Å². The summed E-state index contributed by atoms with van der Waals surface area (Å²) in [5, 5.41) is 10.7. The Balaban J connectivity index is 2.13. The highest BCUT2D eigenvalue weighted by molar-refractivity contribution is 7.71. The minimum absolute atomic E-state index is 0.122. The number of aromatic nitrogens is 1. The number of hydrogen-bond acceptors (Lipinski definition) is 3. The van der Waals surface area contributed by atoms with Crippen LogP contribution in [0.3, 0.4) is 0 Å². The van der Waals surface area contributed by atoms with Crippen molar-refractivity contribution in [1.82, 2.24) is 4.68 Å². The van der Waals surface area contributed by atoms with Crippen molar-refractivity contribution in [3.8, 4) is 5.75 Å². The molecule has 0 aliphatic carbocycles. The Bertz CT molecular complexity index is 976. The third-order valence-electron chi connectivity index (χ3n) is 3.81. The van der Waals surface area contributed by atoms with Gasteiger partial charge in [-0.1, -0.05) is 30.4 Å². The molecule has 0 spiro atoms. The lowest BCUT2D eigenvalue weighted by molar-refractivity contribution is 0.101. The molecule has 0 unspecified atom stereocenters. The van der Waals surface area contributed by atoms with Crippen LogP contribution in [0.25, 0.3) is 10.9 Å². The number of aryl methyl sites for hydroxylation is 2. The molecule has 23 heavy (non-hydrogen) atoms. The van der Waals surface area contributed by atoms with Crippen LogP contribution in [0.5, 0.6) is 5.75 Å². The molecule has 1 heterocycles. The van der Waals surface area contributed by atoms with Crippen LogP contribution in [-0.2, 0) is 0 Å². The zero-order valence-corrected chi connectivity index (χ0v) is 13.6. The molecule has 0 saturated heterocycles. The van der Waals surface area contributed by atoms with Crippen LogP contribution >= 0.6 is 12.2 Å². The normalized spacial score (nSPS) is 10.7. The second kappa shape index (κ2) is 5.85. The zero-order chi connectivity index (χ0) is 16.6. The zero-order valence-electron chi connectivity index (χ0n) is 12.8. The molecule has 0 aliphatic heterocycles. The molecular weight excluding hydrogens is 308 g/mol. The number of pyridine rings is 1. The third-order valence-corrected chi connectivity index (χ3v) is 4.11. The molecular formula is C18H16N2O2S. The van der Waals surface area contributed by atoms with E-state index in [0.29, 0.717) is 15.7 Å². The first-order chi connectivity index (χ1) is 11.0. The number of phenols is 1. The topological polar surface area (TPSA) is 54.3 Å². The molecule has 0 fully saturated rings. The SMILES string of the molecule is Cc1ccccc1C(=O)Nn1c(=S)cc(C)c2ccc(O)cc21. The first-order valence-electron chi connectivity index (χ1n) is 7.20. The summed E-state index contributed by atoms with van der Waals surface area (Å²) in [4.78, 5) is 12.6. The van der Waals surface area contributed by atoms with E-state index in [1.165, 1.54) is 4.68 Å². The van der Waals surface area contributed by atoms with Crippen LogP contribution in [0.4, 0.5) is 0 Å². The van der Waals surface area contributed by atoms with Gasteiger partial charge in [0.05, 0.1) is 5.52 Å². The maximum atomic E-state index is 12.6. The predicted molar refractivity (Wildman–Crippen MR) is 94.0 cm³/mol. The number of hydrogen-bond donors (Lipinski definition) is 2. The fourth-order valence-electron chi connectivity index (χ4n) is 2.59. The molecule has 4 nitrogen and oxygen atoms in total. The third kappa shape index (κ3) is 2.83. The van der Waals surface area contributed by atoms with Crippen LogP contribution in [0.15, 0.2) is 48.5 Å². The molecule has 3 aromatic rings. The minimum atomic E-state index is -0.243. The molecule has 2 N–H and O–H groups in total. The van der Waals surface area contributed by atoms with E-state index in [-0.39, 0.29) is 11.7 Å². The van der Waals surface area contributed by atoms with Crippen molar-refractivity contribution in [2.24, 2.45) is 0 Å². The van der Waals surface area contributed by atoms with Gasteiger partial charge in [0.2, 0.25) is 0 Å². The fourth-order valence-corrected chi connectivity index (χ4v) is 2.91. The van der Waals surface area contributed by atoms with Gasteiger partial charge in [-0.15, -0.1) is 0 Å². The summed E-state index contributed by atoms with van der Waals surface area (Å²) < 4.78 is 2.01. The Kier molecular flexibility index (Phi) is 3.88. The van der Waals surface area contributed by atoms with E-state index in [1.807, 2.05) is 44.2 Å². The van der Waals surface area contributed by atoms with Crippen molar-refractivity contribution in [1.29, 1.82) is 0 Å². The molecule has 2 aromatic carbocycles. The molecule has 0 atom stereocenters. The number of nitrogens with one attached hydrogen (secondary N) is 1. The Morgan fingerprint density at radius 3 is 2.57 bits per heavy atom. The minimum Gasteiger partial charge on any atom is -0.508 e. The molecule has 0 radical (unpaired) electrons. The number of fused-ring (bicyclic) bond motifs is 1. The van der Waals surface area contributed by atoms with Crippen LogP contribution < -0.4 is 5.43 Å². The van der Waals surface area contributed by atoms with Gasteiger partial charge in [0, 0.05) is 17.0 Å². The summed E-state index contributed by atoms with van der Waals surface area (Å²) in [6, 6.07) is 14.2. The van der Waals surface area contributed by atoms with E-state index >= 15 is 0 Å². The Hall–Kier alpha value is -2.66. The molecule has 116 valence electrons. The second-order valence-corrected chi connectivity index (χ2v) is 5.88. The Morgan fingerprint density at radius 2 is 1.83 bits per heavy atom. The quantitative estimate of drug-likeness (QED) is 0.699. The Labute approximate surface area is 139 Å². The lowest BCUT2D eigenvalue weighted by Gasteiger charge is -2.15. The summed E-state index contributed by atoms with van der Waals surface area (Å²) in [5.74, 6) is -0.121. The number of amides is 1. The smallest absolute Gasteiger partial charge is 0.270 e. The first kappa shape index (κ1) is 15.2. The number of nitrogens with zero attached hydrogens (tertiary/aromatic N) is 1. The molecule has 3 rings (SSSR count). The van der Waals surface area contributed by atoms with Gasteiger partial charge < -0.3 is 5.11 Å². The molecule has 0 saturated carbocycles. The molecule has 1 aromatic heterocycles. The molecule has 5 heteroatoms. The van der Waals surface area contributed by atoms with E-state index < -0.39 is 0 Å². The largest absolute Gasteiger partial charge is 0.508 e. The van der Waals surface area contributed by atoms with Gasteiger partial charge in [0.1, 0.15) is 10.4 Å². The number of benzene rings is 2. The second-order valence-electron chi connectivity index (χ2n) is 5.46.